The topological polar surface area (TPSA) is 59.0 Å². The first kappa shape index (κ1) is 15.0. The van der Waals surface area contributed by atoms with Crippen LogP contribution in [0.25, 0.3) is 0 Å². The SMILES string of the molecule is CC(N)Cc1cccc(F)c1OCc1ccc(C#N)cc1. The second-order valence-electron chi connectivity index (χ2n) is 5.01. The van der Waals surface area contributed by atoms with Crippen molar-refractivity contribution in [3.63, 3.8) is 0 Å². The molecule has 0 spiro atoms. The molecule has 4 heteroatoms. The Balaban J connectivity index is 2.13. The minimum Gasteiger partial charge on any atom is -0.486 e. The number of halogens is 1. The van der Waals surface area contributed by atoms with E-state index >= 15 is 0 Å². The Hall–Kier alpha value is -2.38. The molecule has 2 aromatic rings. The van der Waals surface area contributed by atoms with Crippen LogP contribution in [-0.4, -0.2) is 6.04 Å². The zero-order valence-electron chi connectivity index (χ0n) is 11.8. The lowest BCUT2D eigenvalue weighted by Gasteiger charge is -2.14. The lowest BCUT2D eigenvalue weighted by molar-refractivity contribution is 0.286. The summed E-state index contributed by atoms with van der Waals surface area (Å²) in [6.45, 7) is 2.12. The summed E-state index contributed by atoms with van der Waals surface area (Å²) in [5.74, 6) is -0.138. The zero-order valence-corrected chi connectivity index (χ0v) is 11.8. The molecule has 0 aromatic heterocycles. The highest BCUT2D eigenvalue weighted by Crippen LogP contribution is 2.25. The first-order valence-corrected chi connectivity index (χ1v) is 6.75. The van der Waals surface area contributed by atoms with Crippen molar-refractivity contribution in [3.8, 4) is 11.8 Å². The molecule has 0 fully saturated rings. The molecule has 0 aliphatic heterocycles. The van der Waals surface area contributed by atoms with Crippen LogP contribution >= 0.6 is 0 Å². The van der Waals surface area contributed by atoms with Gasteiger partial charge in [-0.15, -0.1) is 0 Å². The van der Waals surface area contributed by atoms with Gasteiger partial charge in [0.05, 0.1) is 11.6 Å². The third-order valence-corrected chi connectivity index (χ3v) is 3.06. The van der Waals surface area contributed by atoms with Gasteiger partial charge in [0.15, 0.2) is 11.6 Å². The Kier molecular flexibility index (Phi) is 4.91. The van der Waals surface area contributed by atoms with Gasteiger partial charge in [0.1, 0.15) is 6.61 Å². The minimum atomic E-state index is -0.387. The van der Waals surface area contributed by atoms with Gasteiger partial charge in [0, 0.05) is 6.04 Å². The van der Waals surface area contributed by atoms with E-state index in [0.717, 1.165) is 11.1 Å². The van der Waals surface area contributed by atoms with Crippen LogP contribution in [0.15, 0.2) is 42.5 Å². The number of benzene rings is 2. The highest BCUT2D eigenvalue weighted by molar-refractivity contribution is 5.36. The average molecular weight is 284 g/mol. The summed E-state index contributed by atoms with van der Waals surface area (Å²) in [6.07, 6.45) is 0.556. The fraction of sp³-hybridized carbons (Fsp3) is 0.235. The van der Waals surface area contributed by atoms with Crippen molar-refractivity contribution >= 4 is 0 Å². The maximum Gasteiger partial charge on any atom is 0.165 e. The Morgan fingerprint density at radius 3 is 2.57 bits per heavy atom. The van der Waals surface area contributed by atoms with Crippen molar-refractivity contribution in [1.82, 2.24) is 0 Å². The van der Waals surface area contributed by atoms with E-state index < -0.39 is 0 Å². The van der Waals surface area contributed by atoms with E-state index in [9.17, 15) is 4.39 Å². The largest absolute Gasteiger partial charge is 0.486 e. The lowest BCUT2D eigenvalue weighted by atomic mass is 10.1. The predicted molar refractivity (Wildman–Crippen MR) is 79.2 cm³/mol. The first-order chi connectivity index (χ1) is 10.1. The highest BCUT2D eigenvalue weighted by Gasteiger charge is 2.11. The second kappa shape index (κ2) is 6.87. The summed E-state index contributed by atoms with van der Waals surface area (Å²) in [5.41, 5.74) is 8.00. The number of nitriles is 1. The summed E-state index contributed by atoms with van der Waals surface area (Å²) in [7, 11) is 0. The van der Waals surface area contributed by atoms with Crippen LogP contribution in [0.2, 0.25) is 0 Å². The number of rotatable bonds is 5. The van der Waals surface area contributed by atoms with E-state index in [0.29, 0.717) is 12.0 Å². The number of hydrogen-bond acceptors (Lipinski definition) is 3. The van der Waals surface area contributed by atoms with Gasteiger partial charge < -0.3 is 10.5 Å². The van der Waals surface area contributed by atoms with Gasteiger partial charge in [-0.2, -0.15) is 5.26 Å². The van der Waals surface area contributed by atoms with Crippen LogP contribution < -0.4 is 10.5 Å². The molecule has 21 heavy (non-hydrogen) atoms. The van der Waals surface area contributed by atoms with Crippen LogP contribution in [0.5, 0.6) is 5.75 Å². The summed E-state index contributed by atoms with van der Waals surface area (Å²) < 4.78 is 19.5. The molecule has 0 amide bonds. The van der Waals surface area contributed by atoms with Gasteiger partial charge in [0.2, 0.25) is 0 Å². The minimum absolute atomic E-state index is 0.0657. The Bertz CT molecular complexity index is 645. The van der Waals surface area contributed by atoms with Gasteiger partial charge >= 0.3 is 0 Å². The molecule has 0 radical (unpaired) electrons. The highest BCUT2D eigenvalue weighted by atomic mass is 19.1. The van der Waals surface area contributed by atoms with Crippen molar-refractivity contribution in [3.05, 3.63) is 65.0 Å². The fourth-order valence-electron chi connectivity index (χ4n) is 2.05. The number of nitrogens with zero attached hydrogens (tertiary/aromatic N) is 1. The van der Waals surface area contributed by atoms with E-state index in [1.54, 1.807) is 30.3 Å². The third-order valence-electron chi connectivity index (χ3n) is 3.06. The summed E-state index contributed by atoms with van der Waals surface area (Å²) in [6, 6.07) is 13.9. The van der Waals surface area contributed by atoms with E-state index in [1.807, 2.05) is 13.0 Å². The predicted octanol–water partition coefficient (Wildman–Crippen LogP) is 3.17. The van der Waals surface area contributed by atoms with E-state index in [2.05, 4.69) is 6.07 Å². The van der Waals surface area contributed by atoms with Crippen molar-refractivity contribution < 1.29 is 9.13 Å². The average Bonchev–Trinajstić information content (AvgIpc) is 2.46. The molecule has 1 unspecified atom stereocenters. The zero-order chi connectivity index (χ0) is 15.2. The van der Waals surface area contributed by atoms with Crippen LogP contribution in [0.1, 0.15) is 23.6 Å². The van der Waals surface area contributed by atoms with Crippen LogP contribution in [-0.2, 0) is 13.0 Å². The van der Waals surface area contributed by atoms with Crippen molar-refractivity contribution in [2.75, 3.05) is 0 Å². The standard InChI is InChI=1S/C17H17FN2O/c1-12(20)9-15-3-2-4-16(18)17(15)21-11-14-7-5-13(10-19)6-8-14/h2-8,12H,9,11,20H2,1H3. The number of para-hydroxylation sites is 1. The second-order valence-corrected chi connectivity index (χ2v) is 5.01. The van der Waals surface area contributed by atoms with Gasteiger partial charge in [-0.05, 0) is 42.7 Å². The molecule has 0 heterocycles. The van der Waals surface area contributed by atoms with Crippen molar-refractivity contribution in [1.29, 1.82) is 5.26 Å². The molecule has 0 saturated carbocycles. The third kappa shape index (κ3) is 4.04. The molecule has 0 aliphatic rings. The van der Waals surface area contributed by atoms with Gasteiger partial charge in [-0.3, -0.25) is 0 Å². The molecule has 2 N–H and O–H groups in total. The molecule has 108 valence electrons. The number of ether oxygens (including phenoxy) is 1. The van der Waals surface area contributed by atoms with Crippen molar-refractivity contribution in [2.24, 2.45) is 5.73 Å². The molecule has 2 aromatic carbocycles. The van der Waals surface area contributed by atoms with Gasteiger partial charge in [-0.25, -0.2) is 4.39 Å². The Labute approximate surface area is 123 Å². The Morgan fingerprint density at radius 2 is 1.95 bits per heavy atom. The van der Waals surface area contributed by atoms with Crippen LogP contribution in [0.3, 0.4) is 0 Å². The molecule has 1 atom stereocenters. The van der Waals surface area contributed by atoms with E-state index in [4.69, 9.17) is 15.7 Å². The molecule has 0 bridgehead atoms. The summed E-state index contributed by atoms with van der Waals surface area (Å²) >= 11 is 0. The van der Waals surface area contributed by atoms with Crippen LogP contribution in [0.4, 0.5) is 4.39 Å². The molecule has 3 nitrogen and oxygen atoms in total. The smallest absolute Gasteiger partial charge is 0.165 e. The van der Waals surface area contributed by atoms with Gasteiger partial charge in [-0.1, -0.05) is 24.3 Å². The monoisotopic (exact) mass is 284 g/mol. The quantitative estimate of drug-likeness (QED) is 0.917. The van der Waals surface area contributed by atoms with E-state index in [-0.39, 0.29) is 24.2 Å². The maximum absolute atomic E-state index is 13.9. The summed E-state index contributed by atoms with van der Waals surface area (Å²) in [5, 5.41) is 8.75. The maximum atomic E-state index is 13.9. The first-order valence-electron chi connectivity index (χ1n) is 6.75. The van der Waals surface area contributed by atoms with Gasteiger partial charge in [0.25, 0.3) is 0 Å². The molecule has 0 saturated heterocycles. The molecule has 2 rings (SSSR count). The molecule has 0 aliphatic carbocycles. The Morgan fingerprint density at radius 1 is 1.24 bits per heavy atom. The normalized spacial score (nSPS) is 11.7. The number of nitrogens with two attached hydrogens (primary N) is 1. The van der Waals surface area contributed by atoms with Crippen LogP contribution in [0, 0.1) is 17.1 Å². The number of hydrogen-bond donors (Lipinski definition) is 1. The van der Waals surface area contributed by atoms with E-state index in [1.165, 1.54) is 6.07 Å². The molecular formula is C17H17FN2O. The lowest BCUT2D eigenvalue weighted by Crippen LogP contribution is -2.18. The fourth-order valence-corrected chi connectivity index (χ4v) is 2.05. The van der Waals surface area contributed by atoms with Crippen molar-refractivity contribution in [2.45, 2.75) is 26.0 Å². The molecular weight excluding hydrogens is 267 g/mol. The summed E-state index contributed by atoms with van der Waals surface area (Å²) in [4.78, 5) is 0.